The maximum atomic E-state index is 12.4. The van der Waals surface area contributed by atoms with E-state index in [4.69, 9.17) is 0 Å². The third kappa shape index (κ3) is 2.66. The molecule has 2 aromatic carbocycles. The standard InChI is InChI=1S/C18H16N2O/c19-12-15-7-1-2-8-16(15)13-20-17-10-4-3-6-14(17)9-5-11-18(20)21/h1-4,6-8,10H,5,9,11,13H2. The van der Waals surface area contributed by atoms with Crippen molar-refractivity contribution in [3.63, 3.8) is 0 Å². The average molecular weight is 276 g/mol. The number of para-hydroxylation sites is 1. The predicted molar refractivity (Wildman–Crippen MR) is 81.7 cm³/mol. The van der Waals surface area contributed by atoms with Crippen molar-refractivity contribution in [3.8, 4) is 6.07 Å². The van der Waals surface area contributed by atoms with Crippen molar-refractivity contribution in [2.75, 3.05) is 4.90 Å². The van der Waals surface area contributed by atoms with Crippen molar-refractivity contribution in [3.05, 3.63) is 65.2 Å². The number of nitriles is 1. The summed E-state index contributed by atoms with van der Waals surface area (Å²) in [7, 11) is 0. The van der Waals surface area contributed by atoms with E-state index in [1.165, 1.54) is 5.56 Å². The summed E-state index contributed by atoms with van der Waals surface area (Å²) in [4.78, 5) is 14.2. The van der Waals surface area contributed by atoms with Crippen LogP contribution in [0.1, 0.15) is 29.5 Å². The van der Waals surface area contributed by atoms with Gasteiger partial charge < -0.3 is 4.90 Å². The van der Waals surface area contributed by atoms with Gasteiger partial charge in [0.1, 0.15) is 0 Å². The van der Waals surface area contributed by atoms with Crippen LogP contribution in [0.5, 0.6) is 0 Å². The summed E-state index contributed by atoms with van der Waals surface area (Å²) < 4.78 is 0. The molecule has 0 fully saturated rings. The number of nitrogens with zero attached hydrogens (tertiary/aromatic N) is 2. The lowest BCUT2D eigenvalue weighted by Crippen LogP contribution is -2.29. The van der Waals surface area contributed by atoms with Crippen molar-refractivity contribution in [2.24, 2.45) is 0 Å². The van der Waals surface area contributed by atoms with E-state index in [1.54, 1.807) is 6.07 Å². The molecule has 1 aliphatic heterocycles. The molecule has 0 atom stereocenters. The molecule has 0 saturated carbocycles. The molecule has 0 bridgehead atoms. The van der Waals surface area contributed by atoms with Gasteiger partial charge in [0, 0.05) is 12.1 Å². The number of anilines is 1. The van der Waals surface area contributed by atoms with Crippen molar-refractivity contribution in [1.82, 2.24) is 0 Å². The van der Waals surface area contributed by atoms with Crippen LogP contribution in [0.2, 0.25) is 0 Å². The van der Waals surface area contributed by atoms with E-state index in [0.717, 1.165) is 24.1 Å². The highest BCUT2D eigenvalue weighted by molar-refractivity contribution is 5.94. The first-order valence-corrected chi connectivity index (χ1v) is 7.16. The fourth-order valence-corrected chi connectivity index (χ4v) is 2.80. The maximum absolute atomic E-state index is 12.4. The first-order chi connectivity index (χ1) is 10.3. The van der Waals surface area contributed by atoms with E-state index in [-0.39, 0.29) is 5.91 Å². The normalized spacial score (nSPS) is 14.2. The third-order valence-electron chi connectivity index (χ3n) is 3.89. The Morgan fingerprint density at radius 1 is 1.05 bits per heavy atom. The van der Waals surface area contributed by atoms with Crippen LogP contribution < -0.4 is 4.90 Å². The molecule has 0 spiro atoms. The Hall–Kier alpha value is -2.60. The van der Waals surface area contributed by atoms with E-state index < -0.39 is 0 Å². The number of hydrogen-bond acceptors (Lipinski definition) is 2. The fourth-order valence-electron chi connectivity index (χ4n) is 2.80. The molecular formula is C18H16N2O. The number of carbonyl (C=O) groups excluding carboxylic acids is 1. The summed E-state index contributed by atoms with van der Waals surface area (Å²) >= 11 is 0. The van der Waals surface area contributed by atoms with Gasteiger partial charge in [-0.25, -0.2) is 0 Å². The Morgan fingerprint density at radius 3 is 2.67 bits per heavy atom. The van der Waals surface area contributed by atoms with Gasteiger partial charge in [0.05, 0.1) is 18.2 Å². The van der Waals surface area contributed by atoms with E-state index in [9.17, 15) is 10.1 Å². The minimum absolute atomic E-state index is 0.132. The molecule has 3 nitrogen and oxygen atoms in total. The van der Waals surface area contributed by atoms with Crippen molar-refractivity contribution in [2.45, 2.75) is 25.8 Å². The van der Waals surface area contributed by atoms with Gasteiger partial charge in [-0.1, -0.05) is 36.4 Å². The molecule has 3 rings (SSSR count). The lowest BCUT2D eigenvalue weighted by molar-refractivity contribution is -0.118. The summed E-state index contributed by atoms with van der Waals surface area (Å²) in [6, 6.07) is 17.7. The molecule has 0 unspecified atom stereocenters. The van der Waals surface area contributed by atoms with Gasteiger partial charge in [-0.3, -0.25) is 4.79 Å². The topological polar surface area (TPSA) is 44.1 Å². The van der Waals surface area contributed by atoms with E-state index in [0.29, 0.717) is 18.5 Å². The lowest BCUT2D eigenvalue weighted by atomic mass is 10.1. The SMILES string of the molecule is N#Cc1ccccc1CN1C(=O)CCCc2ccccc21. The minimum Gasteiger partial charge on any atom is -0.308 e. The minimum atomic E-state index is 0.132. The number of benzene rings is 2. The van der Waals surface area contributed by atoms with E-state index in [2.05, 4.69) is 12.1 Å². The predicted octanol–water partition coefficient (Wildman–Crippen LogP) is 3.43. The first kappa shape index (κ1) is 13.4. The van der Waals surface area contributed by atoms with Crippen LogP contribution in [0, 0.1) is 11.3 Å². The number of aryl methyl sites for hydroxylation is 1. The molecule has 1 amide bonds. The highest BCUT2D eigenvalue weighted by atomic mass is 16.2. The third-order valence-corrected chi connectivity index (χ3v) is 3.89. The molecule has 3 heteroatoms. The van der Waals surface area contributed by atoms with Crippen LogP contribution >= 0.6 is 0 Å². The van der Waals surface area contributed by atoms with Crippen molar-refractivity contribution >= 4 is 11.6 Å². The van der Waals surface area contributed by atoms with Crippen LogP contribution in [0.15, 0.2) is 48.5 Å². The molecule has 0 radical (unpaired) electrons. The van der Waals surface area contributed by atoms with Gasteiger partial charge in [-0.2, -0.15) is 5.26 Å². The monoisotopic (exact) mass is 276 g/mol. The van der Waals surface area contributed by atoms with Gasteiger partial charge in [0.15, 0.2) is 0 Å². The summed E-state index contributed by atoms with van der Waals surface area (Å²) in [5.41, 5.74) is 3.71. The van der Waals surface area contributed by atoms with Gasteiger partial charge in [0.25, 0.3) is 0 Å². The van der Waals surface area contributed by atoms with Crippen LogP contribution in [0.3, 0.4) is 0 Å². The molecule has 21 heavy (non-hydrogen) atoms. The number of carbonyl (C=O) groups is 1. The Balaban J connectivity index is 2.00. The van der Waals surface area contributed by atoms with Gasteiger partial charge in [-0.15, -0.1) is 0 Å². The quantitative estimate of drug-likeness (QED) is 0.843. The fraction of sp³-hybridized carbons (Fsp3) is 0.222. The second kappa shape index (κ2) is 5.80. The molecular weight excluding hydrogens is 260 g/mol. The Morgan fingerprint density at radius 2 is 1.81 bits per heavy atom. The van der Waals surface area contributed by atoms with Crippen LogP contribution in [0.25, 0.3) is 0 Å². The Kier molecular flexibility index (Phi) is 3.70. The highest BCUT2D eigenvalue weighted by Crippen LogP contribution is 2.28. The highest BCUT2D eigenvalue weighted by Gasteiger charge is 2.22. The molecule has 0 aliphatic carbocycles. The summed E-state index contributed by atoms with van der Waals surface area (Å²) in [6.07, 6.45) is 2.37. The van der Waals surface area contributed by atoms with Crippen molar-refractivity contribution in [1.29, 1.82) is 5.26 Å². The number of amides is 1. The second-order valence-corrected chi connectivity index (χ2v) is 5.23. The Labute approximate surface area is 124 Å². The Bertz CT molecular complexity index is 715. The van der Waals surface area contributed by atoms with Crippen LogP contribution in [-0.2, 0) is 17.8 Å². The zero-order chi connectivity index (χ0) is 14.7. The first-order valence-electron chi connectivity index (χ1n) is 7.16. The van der Waals surface area contributed by atoms with Crippen LogP contribution in [-0.4, -0.2) is 5.91 Å². The van der Waals surface area contributed by atoms with Crippen LogP contribution in [0.4, 0.5) is 5.69 Å². The molecule has 0 saturated heterocycles. The largest absolute Gasteiger partial charge is 0.308 e. The van der Waals surface area contributed by atoms with E-state index >= 15 is 0 Å². The molecule has 2 aromatic rings. The van der Waals surface area contributed by atoms with Crippen molar-refractivity contribution < 1.29 is 4.79 Å². The zero-order valence-corrected chi connectivity index (χ0v) is 11.7. The van der Waals surface area contributed by atoms with Gasteiger partial charge in [0.2, 0.25) is 5.91 Å². The summed E-state index contributed by atoms with van der Waals surface area (Å²) in [5, 5.41) is 9.21. The molecule has 0 N–H and O–H groups in total. The van der Waals surface area contributed by atoms with Gasteiger partial charge in [-0.05, 0) is 36.1 Å². The smallest absolute Gasteiger partial charge is 0.227 e. The number of fused-ring (bicyclic) bond motifs is 1. The number of hydrogen-bond donors (Lipinski definition) is 0. The number of rotatable bonds is 2. The molecule has 1 aliphatic rings. The average Bonchev–Trinajstić information content (AvgIpc) is 2.68. The molecule has 1 heterocycles. The lowest BCUT2D eigenvalue weighted by Gasteiger charge is -2.23. The molecule has 0 aromatic heterocycles. The maximum Gasteiger partial charge on any atom is 0.227 e. The van der Waals surface area contributed by atoms with E-state index in [1.807, 2.05) is 41.3 Å². The zero-order valence-electron chi connectivity index (χ0n) is 11.7. The second-order valence-electron chi connectivity index (χ2n) is 5.23. The van der Waals surface area contributed by atoms with Gasteiger partial charge >= 0.3 is 0 Å². The summed E-state index contributed by atoms with van der Waals surface area (Å²) in [6.45, 7) is 0.458. The molecule has 104 valence electrons. The summed E-state index contributed by atoms with van der Waals surface area (Å²) in [5.74, 6) is 0.132.